The van der Waals surface area contributed by atoms with E-state index in [9.17, 15) is 13.0 Å². The molecule has 1 aliphatic carbocycles. The lowest BCUT2D eigenvalue weighted by molar-refractivity contribution is 0.258. The summed E-state index contributed by atoms with van der Waals surface area (Å²) in [6, 6.07) is 0. The fourth-order valence-electron chi connectivity index (χ4n) is 1.25. The van der Waals surface area contributed by atoms with Crippen LogP contribution in [0.25, 0.3) is 0 Å². The Morgan fingerprint density at radius 2 is 1.87 bits per heavy atom. The smallest absolute Gasteiger partial charge is 0.271 e. The summed E-state index contributed by atoms with van der Waals surface area (Å²) in [4.78, 5) is -0.937. The SMILES string of the molecule is CCS(=O)(=O)OC1([S+]([O-])C(C)(C)C)CC1. The zero-order valence-electron chi connectivity index (χ0n) is 9.57. The molecule has 1 unspecified atom stereocenters. The van der Waals surface area contributed by atoms with Gasteiger partial charge in [0.1, 0.15) is 4.75 Å². The van der Waals surface area contributed by atoms with Gasteiger partial charge in [-0.25, -0.2) is 4.18 Å². The van der Waals surface area contributed by atoms with Crippen molar-refractivity contribution in [2.24, 2.45) is 0 Å². The first kappa shape index (κ1) is 13.3. The van der Waals surface area contributed by atoms with Crippen molar-refractivity contribution in [3.05, 3.63) is 0 Å². The number of hydrogen-bond acceptors (Lipinski definition) is 4. The molecule has 1 rings (SSSR count). The molecular weight excluding hydrogens is 236 g/mol. The van der Waals surface area contributed by atoms with Gasteiger partial charge in [-0.2, -0.15) is 8.42 Å². The van der Waals surface area contributed by atoms with Crippen LogP contribution in [0.2, 0.25) is 0 Å². The van der Waals surface area contributed by atoms with E-state index < -0.39 is 31.0 Å². The Morgan fingerprint density at radius 3 is 2.13 bits per heavy atom. The lowest BCUT2D eigenvalue weighted by Gasteiger charge is -2.30. The molecule has 4 nitrogen and oxygen atoms in total. The van der Waals surface area contributed by atoms with Crippen molar-refractivity contribution >= 4 is 21.3 Å². The van der Waals surface area contributed by atoms with Crippen molar-refractivity contribution in [1.82, 2.24) is 0 Å². The van der Waals surface area contributed by atoms with Gasteiger partial charge in [0.25, 0.3) is 10.1 Å². The van der Waals surface area contributed by atoms with Gasteiger partial charge in [-0.15, -0.1) is 0 Å². The van der Waals surface area contributed by atoms with Crippen LogP contribution in [0.15, 0.2) is 0 Å². The molecule has 0 aromatic heterocycles. The fourth-order valence-corrected chi connectivity index (χ4v) is 4.14. The summed E-state index contributed by atoms with van der Waals surface area (Å²) in [6.45, 7) is 6.99. The van der Waals surface area contributed by atoms with Crippen LogP contribution in [0, 0.1) is 0 Å². The third kappa shape index (κ3) is 3.09. The fraction of sp³-hybridized carbons (Fsp3) is 1.00. The zero-order valence-corrected chi connectivity index (χ0v) is 11.2. The van der Waals surface area contributed by atoms with Gasteiger partial charge in [-0.3, -0.25) is 0 Å². The van der Waals surface area contributed by atoms with Crippen LogP contribution in [0.1, 0.15) is 40.5 Å². The highest BCUT2D eigenvalue weighted by Gasteiger charge is 2.62. The Kier molecular flexibility index (Phi) is 3.46. The van der Waals surface area contributed by atoms with Gasteiger partial charge in [0, 0.05) is 12.8 Å². The van der Waals surface area contributed by atoms with Crippen LogP contribution in [-0.4, -0.2) is 28.4 Å². The van der Waals surface area contributed by atoms with Crippen LogP contribution >= 0.6 is 0 Å². The van der Waals surface area contributed by atoms with Gasteiger partial charge in [0.15, 0.2) is 0 Å². The van der Waals surface area contributed by atoms with E-state index in [0.717, 1.165) is 0 Å². The second-order valence-electron chi connectivity index (χ2n) is 4.72. The maximum atomic E-state index is 12.1. The molecule has 0 spiro atoms. The van der Waals surface area contributed by atoms with Crippen molar-refractivity contribution in [2.75, 3.05) is 5.75 Å². The Hall–Kier alpha value is 0.220. The molecular formula is C9H18O4S2. The Balaban J connectivity index is 2.78. The largest absolute Gasteiger partial charge is 0.614 e. The molecule has 0 radical (unpaired) electrons. The molecule has 0 aliphatic heterocycles. The number of hydrogen-bond donors (Lipinski definition) is 0. The van der Waals surface area contributed by atoms with Crippen molar-refractivity contribution in [3.8, 4) is 0 Å². The Bertz CT molecular complexity index is 325. The molecule has 1 aliphatic rings. The van der Waals surface area contributed by atoms with E-state index in [4.69, 9.17) is 4.18 Å². The molecule has 6 heteroatoms. The van der Waals surface area contributed by atoms with E-state index >= 15 is 0 Å². The summed E-state index contributed by atoms with van der Waals surface area (Å²) >= 11 is -1.29. The van der Waals surface area contributed by atoms with Crippen molar-refractivity contribution in [2.45, 2.75) is 50.2 Å². The zero-order chi connectivity index (χ0) is 11.9. The van der Waals surface area contributed by atoms with E-state index in [0.29, 0.717) is 12.8 Å². The predicted octanol–water partition coefficient (Wildman–Crippen LogP) is 1.39. The van der Waals surface area contributed by atoms with Crippen LogP contribution in [0.5, 0.6) is 0 Å². The van der Waals surface area contributed by atoms with Gasteiger partial charge < -0.3 is 4.55 Å². The molecule has 1 fully saturated rings. The summed E-state index contributed by atoms with van der Waals surface area (Å²) in [5.74, 6) is -0.0733. The maximum absolute atomic E-state index is 12.1. The average molecular weight is 254 g/mol. The van der Waals surface area contributed by atoms with Gasteiger partial charge >= 0.3 is 0 Å². The molecule has 0 aromatic rings. The molecule has 1 saturated carbocycles. The monoisotopic (exact) mass is 254 g/mol. The second kappa shape index (κ2) is 3.91. The molecule has 0 aromatic carbocycles. The van der Waals surface area contributed by atoms with Crippen molar-refractivity contribution in [3.63, 3.8) is 0 Å². The lowest BCUT2D eigenvalue weighted by Crippen LogP contribution is -2.41. The minimum absolute atomic E-state index is 0.0733. The molecule has 0 amide bonds. The number of rotatable bonds is 4. The first-order valence-electron chi connectivity index (χ1n) is 4.98. The predicted molar refractivity (Wildman–Crippen MR) is 60.4 cm³/mol. The van der Waals surface area contributed by atoms with E-state index in [2.05, 4.69) is 0 Å². The first-order valence-corrected chi connectivity index (χ1v) is 7.71. The minimum Gasteiger partial charge on any atom is -0.614 e. The summed E-state index contributed by atoms with van der Waals surface area (Å²) in [5, 5.41) is 0. The molecule has 90 valence electrons. The topological polar surface area (TPSA) is 66.4 Å². The van der Waals surface area contributed by atoms with Gasteiger partial charge in [0.05, 0.1) is 5.75 Å². The normalized spacial score (nSPS) is 22.5. The van der Waals surface area contributed by atoms with Gasteiger partial charge in [0.2, 0.25) is 4.93 Å². The van der Waals surface area contributed by atoms with Gasteiger partial charge in [-0.1, -0.05) is 0 Å². The van der Waals surface area contributed by atoms with Gasteiger partial charge in [-0.05, 0) is 38.9 Å². The Labute approximate surface area is 94.7 Å². The molecule has 1 atom stereocenters. The third-order valence-electron chi connectivity index (χ3n) is 2.18. The van der Waals surface area contributed by atoms with E-state index in [1.807, 2.05) is 20.8 Å². The van der Waals surface area contributed by atoms with Crippen LogP contribution < -0.4 is 0 Å². The molecule has 0 N–H and O–H groups in total. The highest BCUT2D eigenvalue weighted by molar-refractivity contribution is 7.95. The second-order valence-corrected chi connectivity index (χ2v) is 9.09. The standard InChI is InChI=1S/C9H18O4S2/c1-5-15(11,12)13-9(6-7-9)14(10)8(2,3)4/h5-7H2,1-4H3. The van der Waals surface area contributed by atoms with Crippen molar-refractivity contribution in [1.29, 1.82) is 0 Å². The first-order chi connectivity index (χ1) is 6.63. The summed E-state index contributed by atoms with van der Waals surface area (Å²) in [7, 11) is -3.51. The molecule has 0 saturated heterocycles. The highest BCUT2D eigenvalue weighted by atomic mass is 32.2. The van der Waals surface area contributed by atoms with Crippen LogP contribution in [0.3, 0.4) is 0 Å². The summed E-state index contributed by atoms with van der Waals surface area (Å²) < 4.78 is 39.3. The lowest BCUT2D eigenvalue weighted by atomic mass is 10.3. The molecule has 0 bridgehead atoms. The highest BCUT2D eigenvalue weighted by Crippen LogP contribution is 2.50. The van der Waals surface area contributed by atoms with Crippen LogP contribution in [0.4, 0.5) is 0 Å². The maximum Gasteiger partial charge on any atom is 0.271 e. The quantitative estimate of drug-likeness (QED) is 0.561. The Morgan fingerprint density at radius 1 is 1.40 bits per heavy atom. The third-order valence-corrected chi connectivity index (χ3v) is 5.85. The average Bonchev–Trinajstić information content (AvgIpc) is 2.82. The van der Waals surface area contributed by atoms with Crippen molar-refractivity contribution < 1.29 is 17.2 Å². The molecule has 15 heavy (non-hydrogen) atoms. The van der Waals surface area contributed by atoms with Crippen LogP contribution in [-0.2, 0) is 25.5 Å². The summed E-state index contributed by atoms with van der Waals surface area (Å²) in [5.41, 5.74) is 0. The molecule has 0 heterocycles. The van der Waals surface area contributed by atoms with E-state index in [-0.39, 0.29) is 5.75 Å². The van der Waals surface area contributed by atoms with E-state index in [1.54, 1.807) is 0 Å². The summed E-state index contributed by atoms with van der Waals surface area (Å²) in [6.07, 6.45) is 1.13. The van der Waals surface area contributed by atoms with E-state index in [1.165, 1.54) is 6.92 Å². The minimum atomic E-state index is -3.51.